The van der Waals surface area contributed by atoms with Gasteiger partial charge in [-0.05, 0) is 50.8 Å². The van der Waals surface area contributed by atoms with Crippen molar-refractivity contribution in [1.82, 2.24) is 19.5 Å². The van der Waals surface area contributed by atoms with Gasteiger partial charge in [-0.1, -0.05) is 6.07 Å². The molecule has 2 aliphatic rings. The van der Waals surface area contributed by atoms with Crippen molar-refractivity contribution in [2.75, 3.05) is 30.8 Å². The molecule has 0 aliphatic carbocycles. The number of aryl methyl sites for hydroxylation is 2. The number of β-amino-alcohol motifs (C(OH)–C–C–N with tert-alkyl or cyclic N) is 1. The molecule has 2 aromatic heterocycles. The minimum absolute atomic E-state index is 0.126. The Morgan fingerprint density at radius 1 is 1.16 bits per heavy atom. The third kappa shape index (κ3) is 4.67. The van der Waals surface area contributed by atoms with Crippen LogP contribution in [0.3, 0.4) is 0 Å². The molecular formula is C26H30N6O4S. The number of likely N-dealkylation sites (tertiary alicyclic amines) is 1. The highest BCUT2D eigenvalue weighted by Crippen LogP contribution is 2.34. The average molecular weight is 523 g/mol. The van der Waals surface area contributed by atoms with Crippen LogP contribution in [0, 0.1) is 31.1 Å². The molecule has 1 amide bonds. The molecule has 194 valence electrons. The van der Waals surface area contributed by atoms with Crippen molar-refractivity contribution in [3.05, 3.63) is 52.8 Å². The zero-order valence-electron chi connectivity index (χ0n) is 21.1. The van der Waals surface area contributed by atoms with Crippen molar-refractivity contribution < 1.29 is 18.3 Å². The molecule has 0 saturated carbocycles. The van der Waals surface area contributed by atoms with Gasteiger partial charge in [0.05, 0.1) is 34.7 Å². The maximum Gasteiger partial charge on any atom is 0.254 e. The molecule has 2 aliphatic heterocycles. The van der Waals surface area contributed by atoms with E-state index in [1.807, 2.05) is 31.0 Å². The van der Waals surface area contributed by atoms with E-state index in [0.29, 0.717) is 36.7 Å². The summed E-state index contributed by atoms with van der Waals surface area (Å²) in [7, 11) is -3.45. The Morgan fingerprint density at radius 3 is 2.65 bits per heavy atom. The van der Waals surface area contributed by atoms with Crippen molar-refractivity contribution in [1.29, 1.82) is 5.26 Å². The smallest absolute Gasteiger partial charge is 0.254 e. The van der Waals surface area contributed by atoms with Crippen LogP contribution < -0.4 is 4.90 Å². The number of carbonyl (C=O) groups excluding carboxylic acids is 1. The highest BCUT2D eigenvalue weighted by Gasteiger charge is 2.34. The maximum absolute atomic E-state index is 13.7. The van der Waals surface area contributed by atoms with E-state index in [-0.39, 0.29) is 16.8 Å². The van der Waals surface area contributed by atoms with Gasteiger partial charge in [-0.25, -0.2) is 17.9 Å². The fourth-order valence-electron chi connectivity index (χ4n) is 5.29. The molecule has 0 spiro atoms. The van der Waals surface area contributed by atoms with E-state index in [1.54, 1.807) is 15.5 Å². The Bertz CT molecular complexity index is 1530. The molecule has 3 atom stereocenters. The summed E-state index contributed by atoms with van der Waals surface area (Å²) in [5, 5.41) is 24.2. The Kier molecular flexibility index (Phi) is 6.41. The van der Waals surface area contributed by atoms with Crippen molar-refractivity contribution in [3.63, 3.8) is 0 Å². The second-order valence-electron chi connectivity index (χ2n) is 10.1. The van der Waals surface area contributed by atoms with Gasteiger partial charge in [0.25, 0.3) is 5.91 Å². The van der Waals surface area contributed by atoms with Crippen LogP contribution in [0.4, 0.5) is 5.82 Å². The van der Waals surface area contributed by atoms with Crippen molar-refractivity contribution in [3.8, 4) is 6.07 Å². The molecule has 10 nitrogen and oxygen atoms in total. The summed E-state index contributed by atoms with van der Waals surface area (Å²) in [5.41, 5.74) is 3.33. The van der Waals surface area contributed by atoms with Gasteiger partial charge < -0.3 is 14.9 Å². The van der Waals surface area contributed by atoms with Gasteiger partial charge in [0, 0.05) is 49.3 Å². The first-order valence-corrected chi connectivity index (χ1v) is 14.3. The SMILES string of the molecule is Cc1ccc(S(C)(=O)=O)cc1C(=O)N1CCCC[C@H]1c1cc2nc(N3C[C@@H](C#N)[C@@H](O)C3)c(C)cn2n1. The predicted molar refractivity (Wildman–Crippen MR) is 137 cm³/mol. The van der Waals surface area contributed by atoms with Crippen LogP contribution in [0.2, 0.25) is 0 Å². The molecule has 1 aromatic carbocycles. The quantitative estimate of drug-likeness (QED) is 0.553. The summed E-state index contributed by atoms with van der Waals surface area (Å²) in [5.74, 6) is 0.0492. The zero-order valence-corrected chi connectivity index (χ0v) is 21.9. The van der Waals surface area contributed by atoms with Gasteiger partial charge in [0.1, 0.15) is 5.82 Å². The second-order valence-corrected chi connectivity index (χ2v) is 12.1. The van der Waals surface area contributed by atoms with Gasteiger partial charge >= 0.3 is 0 Å². The lowest BCUT2D eigenvalue weighted by atomic mass is 9.97. The summed E-state index contributed by atoms with van der Waals surface area (Å²) in [6.07, 6.45) is 4.85. The number of anilines is 1. The molecule has 5 rings (SSSR count). The van der Waals surface area contributed by atoms with E-state index in [0.717, 1.165) is 42.3 Å². The monoisotopic (exact) mass is 522 g/mol. The molecular weight excluding hydrogens is 492 g/mol. The molecule has 2 fully saturated rings. The lowest BCUT2D eigenvalue weighted by Crippen LogP contribution is -2.39. The lowest BCUT2D eigenvalue weighted by Gasteiger charge is -2.35. The Balaban J connectivity index is 1.48. The van der Waals surface area contributed by atoms with Crippen LogP contribution in [0.25, 0.3) is 5.65 Å². The van der Waals surface area contributed by atoms with Crippen LogP contribution in [0.5, 0.6) is 0 Å². The van der Waals surface area contributed by atoms with Crippen LogP contribution >= 0.6 is 0 Å². The van der Waals surface area contributed by atoms with E-state index < -0.39 is 21.9 Å². The molecule has 0 unspecified atom stereocenters. The summed E-state index contributed by atoms with van der Waals surface area (Å²) >= 11 is 0. The van der Waals surface area contributed by atoms with Gasteiger partial charge in [0.2, 0.25) is 0 Å². The maximum atomic E-state index is 13.7. The molecule has 4 heterocycles. The van der Waals surface area contributed by atoms with Gasteiger partial charge in [-0.3, -0.25) is 4.79 Å². The number of rotatable bonds is 4. The van der Waals surface area contributed by atoms with Crippen LogP contribution in [-0.4, -0.2) is 70.9 Å². The topological polar surface area (TPSA) is 132 Å². The van der Waals surface area contributed by atoms with Gasteiger partial charge in [0.15, 0.2) is 15.5 Å². The van der Waals surface area contributed by atoms with E-state index >= 15 is 0 Å². The second kappa shape index (κ2) is 9.43. The normalized spacial score (nSPS) is 22.4. The number of hydrogen-bond donors (Lipinski definition) is 1. The molecule has 37 heavy (non-hydrogen) atoms. The average Bonchev–Trinajstić information content (AvgIpc) is 3.45. The van der Waals surface area contributed by atoms with Crippen molar-refractivity contribution in [2.45, 2.75) is 50.2 Å². The molecule has 1 N–H and O–H groups in total. The van der Waals surface area contributed by atoms with Crippen molar-refractivity contribution >= 4 is 27.2 Å². The minimum atomic E-state index is -3.45. The van der Waals surface area contributed by atoms with Gasteiger partial charge in [-0.2, -0.15) is 10.4 Å². The zero-order chi connectivity index (χ0) is 26.5. The standard InChI is InChI=1S/C26H30N6O4S/c1-16-7-8-19(37(3,35)36)10-20(16)26(34)31-9-5-4-6-22(31)21-11-24-28-25(17(2)13-32(24)29-21)30-14-18(12-27)23(33)15-30/h7-8,10-11,13,18,22-23,33H,4-6,9,14-15H2,1-3H3/t18-,22+,23+/m1/s1. The first kappa shape index (κ1) is 25.2. The highest BCUT2D eigenvalue weighted by atomic mass is 32.2. The number of aliphatic hydroxyl groups is 1. The third-order valence-electron chi connectivity index (χ3n) is 7.35. The number of amides is 1. The third-order valence-corrected chi connectivity index (χ3v) is 8.46. The fourth-order valence-corrected chi connectivity index (χ4v) is 5.93. The van der Waals surface area contributed by atoms with E-state index in [4.69, 9.17) is 10.1 Å². The summed E-state index contributed by atoms with van der Waals surface area (Å²) < 4.78 is 25.9. The first-order valence-electron chi connectivity index (χ1n) is 12.4. The largest absolute Gasteiger partial charge is 0.390 e. The number of hydrogen-bond acceptors (Lipinski definition) is 8. The number of nitrogens with zero attached hydrogens (tertiary/aromatic N) is 6. The number of nitriles is 1. The van der Waals surface area contributed by atoms with Crippen molar-refractivity contribution in [2.24, 2.45) is 5.92 Å². The number of carbonyl (C=O) groups is 1. The highest BCUT2D eigenvalue weighted by molar-refractivity contribution is 7.90. The van der Waals surface area contributed by atoms with E-state index in [9.17, 15) is 23.6 Å². The molecule has 0 radical (unpaired) electrons. The molecule has 3 aromatic rings. The fraction of sp³-hybridized carbons (Fsp3) is 0.462. The lowest BCUT2D eigenvalue weighted by molar-refractivity contribution is 0.0604. The Hall–Kier alpha value is -3.49. The van der Waals surface area contributed by atoms with Crippen LogP contribution in [0.15, 0.2) is 35.4 Å². The number of benzene rings is 1. The van der Waals surface area contributed by atoms with E-state index in [2.05, 4.69) is 6.07 Å². The molecule has 11 heteroatoms. The number of piperidine rings is 1. The first-order chi connectivity index (χ1) is 17.6. The number of aromatic nitrogens is 3. The molecule has 2 saturated heterocycles. The number of fused-ring (bicyclic) bond motifs is 1. The van der Waals surface area contributed by atoms with E-state index in [1.165, 1.54) is 12.1 Å². The Labute approximate surface area is 216 Å². The summed E-state index contributed by atoms with van der Waals surface area (Å²) in [4.78, 5) is 22.3. The van der Waals surface area contributed by atoms with Gasteiger partial charge in [-0.15, -0.1) is 0 Å². The number of aliphatic hydroxyl groups excluding tert-OH is 1. The Morgan fingerprint density at radius 2 is 1.95 bits per heavy atom. The number of sulfone groups is 1. The predicted octanol–water partition coefficient (Wildman–Crippen LogP) is 2.44. The minimum Gasteiger partial charge on any atom is -0.390 e. The summed E-state index contributed by atoms with van der Waals surface area (Å²) in [6.45, 7) is 5.05. The summed E-state index contributed by atoms with van der Waals surface area (Å²) in [6, 6.07) is 8.45. The van der Waals surface area contributed by atoms with Crippen LogP contribution in [-0.2, 0) is 9.84 Å². The molecule has 0 bridgehead atoms. The van der Waals surface area contributed by atoms with Crippen LogP contribution in [0.1, 0.15) is 52.5 Å².